The first-order chi connectivity index (χ1) is 14.2. The molecule has 0 rings (SSSR count). The Hall–Kier alpha value is -1.27. The van der Waals surface area contributed by atoms with E-state index in [9.17, 15) is 4.79 Å². The molecule has 6 heteroatoms. The Morgan fingerprint density at radius 3 is 2.30 bits per heavy atom. The standard InChI is InChI=1S/C24H42N2O2S2/c1-7-28-23(27)14-16-25-24(29)26-22(6)18-30-17-15-21(5)13-9-12-20(4)11-8-10-19(2)3/h10,12,15,22H,7-9,11,13-14,16-18H2,1-6H3,(H2,25,26,29)/b20-12+,21-15+/t22-/m1/s1. The molecule has 0 heterocycles. The van der Waals surface area contributed by atoms with E-state index in [1.807, 2.05) is 11.8 Å². The number of rotatable bonds is 15. The van der Waals surface area contributed by atoms with Gasteiger partial charge in [-0.15, -0.1) is 0 Å². The van der Waals surface area contributed by atoms with Crippen LogP contribution in [0.25, 0.3) is 0 Å². The number of allylic oxidation sites excluding steroid dienone is 5. The van der Waals surface area contributed by atoms with E-state index in [-0.39, 0.29) is 12.0 Å². The average molecular weight is 455 g/mol. The summed E-state index contributed by atoms with van der Waals surface area (Å²) in [7, 11) is 0. The van der Waals surface area contributed by atoms with E-state index >= 15 is 0 Å². The SMILES string of the molecule is CCOC(=O)CCNC(=S)N[C@H](C)CSC/C=C(\C)CC/C=C(\C)CCC=C(C)C. The smallest absolute Gasteiger partial charge is 0.307 e. The number of thioether (sulfide) groups is 1. The lowest BCUT2D eigenvalue weighted by Crippen LogP contribution is -2.42. The number of hydrogen-bond donors (Lipinski definition) is 2. The maximum atomic E-state index is 11.3. The van der Waals surface area contributed by atoms with Gasteiger partial charge < -0.3 is 15.4 Å². The molecule has 4 nitrogen and oxygen atoms in total. The highest BCUT2D eigenvalue weighted by Crippen LogP contribution is 2.12. The van der Waals surface area contributed by atoms with E-state index in [0.717, 1.165) is 37.2 Å². The van der Waals surface area contributed by atoms with Crippen molar-refractivity contribution < 1.29 is 9.53 Å². The fourth-order valence-electron chi connectivity index (χ4n) is 2.61. The summed E-state index contributed by atoms with van der Waals surface area (Å²) in [5.41, 5.74) is 4.34. The predicted octanol–water partition coefficient (Wildman–Crippen LogP) is 5.94. The van der Waals surface area contributed by atoms with Gasteiger partial charge in [0.2, 0.25) is 0 Å². The zero-order valence-corrected chi connectivity index (χ0v) is 21.4. The third-order valence-electron chi connectivity index (χ3n) is 4.34. The van der Waals surface area contributed by atoms with Gasteiger partial charge >= 0.3 is 5.97 Å². The minimum atomic E-state index is -0.201. The number of carbonyl (C=O) groups excluding carboxylic acids is 1. The van der Waals surface area contributed by atoms with Crippen molar-refractivity contribution >= 4 is 35.1 Å². The summed E-state index contributed by atoms with van der Waals surface area (Å²) in [4.78, 5) is 11.3. The number of carbonyl (C=O) groups is 1. The number of nitrogens with one attached hydrogen (secondary N) is 2. The molecule has 0 bridgehead atoms. The molecule has 0 fully saturated rings. The summed E-state index contributed by atoms with van der Waals surface area (Å²) >= 11 is 7.17. The molecule has 0 unspecified atom stereocenters. The molecular formula is C24H42N2O2S2. The van der Waals surface area contributed by atoms with Crippen LogP contribution in [0.3, 0.4) is 0 Å². The van der Waals surface area contributed by atoms with Crippen molar-refractivity contribution in [2.45, 2.75) is 79.7 Å². The van der Waals surface area contributed by atoms with E-state index < -0.39 is 0 Å². The second kappa shape index (κ2) is 18.5. The van der Waals surface area contributed by atoms with Crippen molar-refractivity contribution in [1.29, 1.82) is 0 Å². The summed E-state index contributed by atoms with van der Waals surface area (Å²) in [6.07, 6.45) is 11.9. The molecule has 0 aromatic rings. The number of ether oxygens (including phenoxy) is 1. The molecule has 0 saturated heterocycles. The fourth-order valence-corrected chi connectivity index (χ4v) is 3.89. The molecule has 1 atom stereocenters. The molecule has 0 aliphatic heterocycles. The van der Waals surface area contributed by atoms with Gasteiger partial charge in [-0.3, -0.25) is 4.79 Å². The summed E-state index contributed by atoms with van der Waals surface area (Å²) in [6.45, 7) is 13.6. The second-order valence-corrected chi connectivity index (χ2v) is 9.34. The van der Waals surface area contributed by atoms with Crippen LogP contribution >= 0.6 is 24.0 Å². The van der Waals surface area contributed by atoms with Gasteiger partial charge in [-0.1, -0.05) is 34.9 Å². The molecule has 0 spiro atoms. The van der Waals surface area contributed by atoms with Gasteiger partial charge in [-0.05, 0) is 79.4 Å². The largest absolute Gasteiger partial charge is 0.466 e. The quantitative estimate of drug-likeness (QED) is 0.138. The van der Waals surface area contributed by atoms with E-state index in [0.29, 0.717) is 24.7 Å². The van der Waals surface area contributed by atoms with Crippen molar-refractivity contribution in [3.63, 3.8) is 0 Å². The Kier molecular flexibility index (Phi) is 17.7. The molecule has 0 aliphatic rings. The van der Waals surface area contributed by atoms with Gasteiger partial charge in [0.25, 0.3) is 0 Å². The lowest BCUT2D eigenvalue weighted by molar-refractivity contribution is -0.142. The van der Waals surface area contributed by atoms with Crippen LogP contribution in [0, 0.1) is 0 Å². The zero-order valence-electron chi connectivity index (χ0n) is 19.8. The van der Waals surface area contributed by atoms with Crippen LogP contribution in [0.1, 0.15) is 73.6 Å². The third-order valence-corrected chi connectivity index (χ3v) is 5.74. The normalized spacial score (nSPS) is 12.9. The lowest BCUT2D eigenvalue weighted by Gasteiger charge is -2.16. The van der Waals surface area contributed by atoms with E-state index in [2.05, 4.69) is 63.5 Å². The molecule has 0 saturated carbocycles. The summed E-state index contributed by atoms with van der Waals surface area (Å²) in [5, 5.41) is 6.90. The van der Waals surface area contributed by atoms with Crippen LogP contribution in [0.4, 0.5) is 0 Å². The van der Waals surface area contributed by atoms with Crippen molar-refractivity contribution in [3.8, 4) is 0 Å². The van der Waals surface area contributed by atoms with Crippen LogP contribution in [0.2, 0.25) is 0 Å². The van der Waals surface area contributed by atoms with Gasteiger partial charge in [0.05, 0.1) is 13.0 Å². The Morgan fingerprint density at radius 2 is 1.67 bits per heavy atom. The lowest BCUT2D eigenvalue weighted by atomic mass is 10.1. The Bertz CT molecular complexity index is 594. The number of hydrogen-bond acceptors (Lipinski definition) is 4. The molecule has 0 amide bonds. The minimum Gasteiger partial charge on any atom is -0.466 e. The maximum Gasteiger partial charge on any atom is 0.307 e. The Morgan fingerprint density at radius 1 is 1.03 bits per heavy atom. The van der Waals surface area contributed by atoms with Crippen LogP contribution in [-0.2, 0) is 9.53 Å². The highest BCUT2D eigenvalue weighted by molar-refractivity contribution is 7.99. The first-order valence-corrected chi connectivity index (χ1v) is 12.5. The van der Waals surface area contributed by atoms with Gasteiger partial charge in [-0.25, -0.2) is 0 Å². The highest BCUT2D eigenvalue weighted by Gasteiger charge is 2.05. The summed E-state index contributed by atoms with van der Waals surface area (Å²) < 4.78 is 4.89. The van der Waals surface area contributed by atoms with Crippen LogP contribution in [0.5, 0.6) is 0 Å². The molecule has 2 N–H and O–H groups in total. The van der Waals surface area contributed by atoms with Crippen molar-refractivity contribution in [1.82, 2.24) is 10.6 Å². The van der Waals surface area contributed by atoms with Crippen LogP contribution in [0.15, 0.2) is 34.9 Å². The van der Waals surface area contributed by atoms with Gasteiger partial charge in [0, 0.05) is 24.1 Å². The van der Waals surface area contributed by atoms with Gasteiger partial charge in [0.15, 0.2) is 5.11 Å². The van der Waals surface area contributed by atoms with E-state index in [1.54, 1.807) is 6.92 Å². The maximum absolute atomic E-state index is 11.3. The fraction of sp³-hybridized carbons (Fsp3) is 0.667. The molecule has 0 aliphatic carbocycles. The molecule has 172 valence electrons. The highest BCUT2D eigenvalue weighted by atomic mass is 32.2. The Labute approximate surface area is 194 Å². The monoisotopic (exact) mass is 454 g/mol. The van der Waals surface area contributed by atoms with Gasteiger partial charge in [-0.2, -0.15) is 11.8 Å². The van der Waals surface area contributed by atoms with Crippen LogP contribution < -0.4 is 10.6 Å². The minimum absolute atomic E-state index is 0.201. The first kappa shape index (κ1) is 28.7. The van der Waals surface area contributed by atoms with Crippen molar-refractivity contribution in [2.75, 3.05) is 24.7 Å². The molecule has 30 heavy (non-hydrogen) atoms. The molecule has 0 aromatic heterocycles. The average Bonchev–Trinajstić information content (AvgIpc) is 2.65. The predicted molar refractivity (Wildman–Crippen MR) is 137 cm³/mol. The number of esters is 1. The molecule has 0 radical (unpaired) electrons. The molecular weight excluding hydrogens is 412 g/mol. The molecule has 0 aromatic carbocycles. The third kappa shape index (κ3) is 18.7. The van der Waals surface area contributed by atoms with Crippen molar-refractivity contribution in [2.24, 2.45) is 0 Å². The van der Waals surface area contributed by atoms with E-state index in [4.69, 9.17) is 17.0 Å². The second-order valence-electron chi connectivity index (χ2n) is 7.85. The number of thiocarbonyl (C=S) groups is 1. The van der Waals surface area contributed by atoms with Gasteiger partial charge in [0.1, 0.15) is 0 Å². The summed E-state index contributed by atoms with van der Waals surface area (Å²) in [5.74, 6) is 1.80. The first-order valence-electron chi connectivity index (χ1n) is 11.0. The van der Waals surface area contributed by atoms with E-state index in [1.165, 1.54) is 16.7 Å². The van der Waals surface area contributed by atoms with Crippen molar-refractivity contribution in [3.05, 3.63) is 34.9 Å². The zero-order chi connectivity index (χ0) is 22.8. The summed E-state index contributed by atoms with van der Waals surface area (Å²) in [6, 6.07) is 0.276. The topological polar surface area (TPSA) is 50.4 Å². The Balaban J connectivity index is 3.89. The van der Waals surface area contributed by atoms with Crippen LogP contribution in [-0.4, -0.2) is 41.8 Å².